The van der Waals surface area contributed by atoms with Crippen LogP contribution >= 0.6 is 11.6 Å². The van der Waals surface area contributed by atoms with Crippen LogP contribution in [0.15, 0.2) is 18.2 Å². The van der Waals surface area contributed by atoms with Gasteiger partial charge in [0.15, 0.2) is 0 Å². The van der Waals surface area contributed by atoms with Crippen molar-refractivity contribution in [3.63, 3.8) is 0 Å². The van der Waals surface area contributed by atoms with Crippen LogP contribution in [0.5, 0.6) is 0 Å². The minimum atomic E-state index is -0.0969. The van der Waals surface area contributed by atoms with E-state index in [4.69, 9.17) is 11.6 Å². The van der Waals surface area contributed by atoms with E-state index in [2.05, 4.69) is 23.5 Å². The number of fused-ring (bicyclic) bond motifs is 1. The van der Waals surface area contributed by atoms with E-state index in [1.807, 2.05) is 6.92 Å². The molecule has 17 heavy (non-hydrogen) atoms. The third kappa shape index (κ3) is 3.22. The molecule has 1 aromatic rings. The summed E-state index contributed by atoms with van der Waals surface area (Å²) in [6.07, 6.45) is 4.56. The molecule has 0 spiro atoms. The standard InChI is InChI=1S/C14H18ClNO/c1-10(16-14(17)9-15)7-11-5-6-12-3-2-4-13(12)8-11/h5-6,8,10H,2-4,7,9H2,1H3,(H,16,17)/t10-/m1/s1. The van der Waals surface area contributed by atoms with Crippen molar-refractivity contribution in [1.29, 1.82) is 0 Å². The molecule has 0 aromatic heterocycles. The van der Waals surface area contributed by atoms with Crippen molar-refractivity contribution in [1.82, 2.24) is 5.32 Å². The lowest BCUT2D eigenvalue weighted by Crippen LogP contribution is -2.34. The number of hydrogen-bond acceptors (Lipinski definition) is 1. The summed E-state index contributed by atoms with van der Waals surface area (Å²) in [6.45, 7) is 2.01. The van der Waals surface area contributed by atoms with Gasteiger partial charge in [0.2, 0.25) is 5.91 Å². The van der Waals surface area contributed by atoms with E-state index in [1.165, 1.54) is 36.0 Å². The number of carbonyl (C=O) groups is 1. The third-order valence-electron chi connectivity index (χ3n) is 3.23. The Labute approximate surface area is 107 Å². The molecule has 2 nitrogen and oxygen atoms in total. The number of halogens is 1. The molecule has 0 heterocycles. The number of alkyl halides is 1. The lowest BCUT2D eigenvalue weighted by atomic mass is 10.0. The Morgan fingerprint density at radius 2 is 2.18 bits per heavy atom. The Hall–Kier alpha value is -1.02. The minimum Gasteiger partial charge on any atom is -0.352 e. The van der Waals surface area contributed by atoms with Gasteiger partial charge in [-0.3, -0.25) is 4.79 Å². The summed E-state index contributed by atoms with van der Waals surface area (Å²) in [7, 11) is 0. The highest BCUT2D eigenvalue weighted by atomic mass is 35.5. The zero-order valence-electron chi connectivity index (χ0n) is 10.1. The topological polar surface area (TPSA) is 29.1 Å². The van der Waals surface area contributed by atoms with E-state index in [9.17, 15) is 4.79 Å². The fourth-order valence-electron chi connectivity index (χ4n) is 2.47. The molecule has 0 saturated carbocycles. The van der Waals surface area contributed by atoms with Crippen LogP contribution < -0.4 is 5.32 Å². The Balaban J connectivity index is 1.97. The number of carbonyl (C=O) groups excluding carboxylic acids is 1. The maximum Gasteiger partial charge on any atom is 0.235 e. The van der Waals surface area contributed by atoms with Crippen LogP contribution in [-0.4, -0.2) is 17.8 Å². The number of benzene rings is 1. The first kappa shape index (κ1) is 12.4. The molecular weight excluding hydrogens is 234 g/mol. The number of aryl methyl sites for hydroxylation is 2. The summed E-state index contributed by atoms with van der Waals surface area (Å²) in [4.78, 5) is 11.2. The van der Waals surface area contributed by atoms with Gasteiger partial charge in [-0.15, -0.1) is 11.6 Å². The van der Waals surface area contributed by atoms with E-state index in [-0.39, 0.29) is 17.8 Å². The molecule has 1 amide bonds. The van der Waals surface area contributed by atoms with Gasteiger partial charge in [-0.1, -0.05) is 18.2 Å². The van der Waals surface area contributed by atoms with Gasteiger partial charge in [-0.2, -0.15) is 0 Å². The molecule has 1 aliphatic carbocycles. The van der Waals surface area contributed by atoms with Crippen LogP contribution in [0, 0.1) is 0 Å². The van der Waals surface area contributed by atoms with Crippen molar-refractivity contribution >= 4 is 17.5 Å². The van der Waals surface area contributed by atoms with E-state index < -0.39 is 0 Å². The van der Waals surface area contributed by atoms with E-state index in [0.717, 1.165) is 6.42 Å². The van der Waals surface area contributed by atoms with Crippen LogP contribution in [0.25, 0.3) is 0 Å². The zero-order valence-corrected chi connectivity index (χ0v) is 10.9. The summed E-state index contributed by atoms with van der Waals surface area (Å²) < 4.78 is 0. The molecule has 1 aromatic carbocycles. The largest absolute Gasteiger partial charge is 0.352 e. The van der Waals surface area contributed by atoms with Crippen molar-refractivity contribution in [3.05, 3.63) is 34.9 Å². The number of nitrogens with one attached hydrogen (secondary N) is 1. The van der Waals surface area contributed by atoms with Gasteiger partial charge in [0, 0.05) is 6.04 Å². The molecule has 1 N–H and O–H groups in total. The molecule has 1 atom stereocenters. The maximum absolute atomic E-state index is 11.2. The molecule has 0 unspecified atom stereocenters. The monoisotopic (exact) mass is 251 g/mol. The van der Waals surface area contributed by atoms with Crippen molar-refractivity contribution < 1.29 is 4.79 Å². The second kappa shape index (κ2) is 5.54. The average Bonchev–Trinajstić information content (AvgIpc) is 2.75. The van der Waals surface area contributed by atoms with Gasteiger partial charge in [-0.25, -0.2) is 0 Å². The van der Waals surface area contributed by atoms with E-state index in [0.29, 0.717) is 0 Å². The maximum atomic E-state index is 11.2. The SMILES string of the molecule is C[C@H](Cc1ccc2c(c1)CCC2)NC(=O)CCl. The summed E-state index contributed by atoms with van der Waals surface area (Å²) >= 11 is 5.46. The number of amides is 1. The zero-order chi connectivity index (χ0) is 12.3. The molecule has 0 fully saturated rings. The smallest absolute Gasteiger partial charge is 0.235 e. The van der Waals surface area contributed by atoms with Gasteiger partial charge in [0.05, 0.1) is 0 Å². The Morgan fingerprint density at radius 1 is 1.41 bits per heavy atom. The molecule has 2 rings (SSSR count). The highest BCUT2D eigenvalue weighted by molar-refractivity contribution is 6.27. The van der Waals surface area contributed by atoms with Gasteiger partial charge in [0.1, 0.15) is 5.88 Å². The molecule has 3 heteroatoms. The Bertz CT molecular complexity index is 417. The second-order valence-electron chi connectivity index (χ2n) is 4.76. The van der Waals surface area contributed by atoms with Gasteiger partial charge in [-0.05, 0) is 49.3 Å². The molecule has 1 aliphatic rings. The first-order valence-corrected chi connectivity index (χ1v) is 6.68. The fraction of sp³-hybridized carbons (Fsp3) is 0.500. The summed E-state index contributed by atoms with van der Waals surface area (Å²) in [5.74, 6) is -0.0607. The van der Waals surface area contributed by atoms with Crippen LogP contribution in [0.2, 0.25) is 0 Å². The van der Waals surface area contributed by atoms with Gasteiger partial charge in [0.25, 0.3) is 0 Å². The highest BCUT2D eigenvalue weighted by Crippen LogP contribution is 2.23. The average molecular weight is 252 g/mol. The molecule has 92 valence electrons. The van der Waals surface area contributed by atoms with Crippen molar-refractivity contribution in [2.75, 3.05) is 5.88 Å². The van der Waals surface area contributed by atoms with Crippen molar-refractivity contribution in [2.24, 2.45) is 0 Å². The quantitative estimate of drug-likeness (QED) is 0.819. The molecule has 0 saturated heterocycles. The van der Waals surface area contributed by atoms with Crippen LogP contribution in [0.4, 0.5) is 0 Å². The molecular formula is C14H18ClNO. The van der Waals surface area contributed by atoms with E-state index in [1.54, 1.807) is 0 Å². The second-order valence-corrected chi connectivity index (χ2v) is 5.03. The van der Waals surface area contributed by atoms with Crippen LogP contribution in [0.1, 0.15) is 30.0 Å². The van der Waals surface area contributed by atoms with Crippen molar-refractivity contribution in [3.8, 4) is 0 Å². The van der Waals surface area contributed by atoms with Crippen LogP contribution in [-0.2, 0) is 24.1 Å². The van der Waals surface area contributed by atoms with Gasteiger partial charge < -0.3 is 5.32 Å². The fourth-order valence-corrected chi connectivity index (χ4v) is 2.55. The van der Waals surface area contributed by atoms with E-state index >= 15 is 0 Å². The normalized spacial score (nSPS) is 15.4. The lowest BCUT2D eigenvalue weighted by Gasteiger charge is -2.13. The third-order valence-corrected chi connectivity index (χ3v) is 3.48. The Morgan fingerprint density at radius 3 is 2.94 bits per heavy atom. The highest BCUT2D eigenvalue weighted by Gasteiger charge is 2.12. The molecule has 0 radical (unpaired) electrons. The summed E-state index contributed by atoms with van der Waals surface area (Å²) in [5.41, 5.74) is 4.28. The first-order chi connectivity index (χ1) is 8.19. The Kier molecular flexibility index (Phi) is 4.06. The first-order valence-electron chi connectivity index (χ1n) is 6.15. The summed E-state index contributed by atoms with van der Waals surface area (Å²) in [6, 6.07) is 6.83. The predicted molar refractivity (Wildman–Crippen MR) is 70.5 cm³/mol. The van der Waals surface area contributed by atoms with Crippen LogP contribution in [0.3, 0.4) is 0 Å². The number of rotatable bonds is 4. The molecule has 0 aliphatic heterocycles. The lowest BCUT2D eigenvalue weighted by molar-refractivity contribution is -0.119. The number of hydrogen-bond donors (Lipinski definition) is 1. The van der Waals surface area contributed by atoms with Gasteiger partial charge >= 0.3 is 0 Å². The van der Waals surface area contributed by atoms with Crippen molar-refractivity contribution in [2.45, 2.75) is 38.6 Å². The summed E-state index contributed by atoms with van der Waals surface area (Å²) in [5, 5.41) is 2.87. The minimum absolute atomic E-state index is 0.0362. The molecule has 0 bridgehead atoms. The predicted octanol–water partition coefficient (Wildman–Crippen LogP) is 2.46.